The third-order valence-electron chi connectivity index (χ3n) is 4.66. The van der Waals surface area contributed by atoms with E-state index in [1.807, 2.05) is 0 Å². The summed E-state index contributed by atoms with van der Waals surface area (Å²) in [7, 11) is 0. The van der Waals surface area contributed by atoms with E-state index in [2.05, 4.69) is 54.9 Å². The summed E-state index contributed by atoms with van der Waals surface area (Å²) in [5, 5.41) is 0. The van der Waals surface area contributed by atoms with Gasteiger partial charge in [-0.05, 0) is 49.1 Å². The van der Waals surface area contributed by atoms with E-state index in [0.717, 1.165) is 16.3 Å². The first kappa shape index (κ1) is 14.1. The van der Waals surface area contributed by atoms with Crippen LogP contribution in [0.4, 0.5) is 0 Å². The first-order chi connectivity index (χ1) is 8.49. The van der Waals surface area contributed by atoms with Gasteiger partial charge in [0.2, 0.25) is 0 Å². The van der Waals surface area contributed by atoms with Crippen LogP contribution >= 0.6 is 15.9 Å². The van der Waals surface area contributed by atoms with E-state index in [0.29, 0.717) is 5.92 Å². The zero-order chi connectivity index (χ0) is 13.3. The van der Waals surface area contributed by atoms with Crippen LogP contribution in [-0.4, -0.2) is 0 Å². The van der Waals surface area contributed by atoms with Crippen LogP contribution in [0.2, 0.25) is 0 Å². The summed E-state index contributed by atoms with van der Waals surface area (Å²) < 4.78 is 1.16. The van der Waals surface area contributed by atoms with Gasteiger partial charge in [-0.2, -0.15) is 0 Å². The molecule has 2 rings (SSSR count). The van der Waals surface area contributed by atoms with Gasteiger partial charge in [0.15, 0.2) is 0 Å². The summed E-state index contributed by atoms with van der Waals surface area (Å²) in [6.45, 7) is 6.87. The Kier molecular flexibility index (Phi) is 4.50. The normalized spacial score (nSPS) is 30.2. The molecular formula is C16H24BrN. The Bertz CT molecular complexity index is 416. The lowest BCUT2D eigenvalue weighted by Crippen LogP contribution is -2.29. The smallest absolute Gasteiger partial charge is 0.0334 e. The minimum atomic E-state index is 0.175. The van der Waals surface area contributed by atoms with Gasteiger partial charge in [-0.25, -0.2) is 0 Å². The Hall–Kier alpha value is -0.340. The van der Waals surface area contributed by atoms with E-state index < -0.39 is 0 Å². The zero-order valence-electron chi connectivity index (χ0n) is 11.6. The second-order valence-electron chi connectivity index (χ2n) is 6.08. The molecule has 2 N–H and O–H groups in total. The van der Waals surface area contributed by atoms with Crippen LogP contribution < -0.4 is 5.73 Å². The van der Waals surface area contributed by atoms with E-state index in [-0.39, 0.29) is 6.04 Å². The first-order valence-electron chi connectivity index (χ1n) is 7.00. The van der Waals surface area contributed by atoms with Crippen molar-refractivity contribution in [1.82, 2.24) is 0 Å². The van der Waals surface area contributed by atoms with Crippen LogP contribution in [0, 0.1) is 24.7 Å². The Morgan fingerprint density at radius 1 is 1.22 bits per heavy atom. The molecule has 0 saturated heterocycles. The molecule has 1 aliphatic carbocycles. The van der Waals surface area contributed by atoms with E-state index in [1.54, 1.807) is 0 Å². The number of nitrogens with two attached hydrogens (primary N) is 1. The van der Waals surface area contributed by atoms with Gasteiger partial charge in [0.05, 0.1) is 0 Å². The predicted molar refractivity (Wildman–Crippen MR) is 81.5 cm³/mol. The van der Waals surface area contributed by atoms with Gasteiger partial charge in [-0.3, -0.25) is 0 Å². The second-order valence-corrected chi connectivity index (χ2v) is 6.93. The van der Waals surface area contributed by atoms with Crippen LogP contribution in [0.3, 0.4) is 0 Å². The topological polar surface area (TPSA) is 26.0 Å². The lowest BCUT2D eigenvalue weighted by Gasteiger charge is -2.35. The maximum absolute atomic E-state index is 6.52. The third kappa shape index (κ3) is 2.97. The van der Waals surface area contributed by atoms with Crippen molar-refractivity contribution in [1.29, 1.82) is 0 Å². The van der Waals surface area contributed by atoms with Gasteiger partial charge in [-0.1, -0.05) is 53.9 Å². The summed E-state index contributed by atoms with van der Waals surface area (Å²) in [5.41, 5.74) is 9.09. The minimum Gasteiger partial charge on any atom is -0.324 e. The van der Waals surface area contributed by atoms with Gasteiger partial charge in [0.1, 0.15) is 0 Å². The number of hydrogen-bond acceptors (Lipinski definition) is 1. The molecule has 0 aliphatic heterocycles. The number of hydrogen-bond donors (Lipinski definition) is 1. The molecule has 100 valence electrons. The Morgan fingerprint density at radius 3 is 2.61 bits per heavy atom. The Morgan fingerprint density at radius 2 is 1.94 bits per heavy atom. The van der Waals surface area contributed by atoms with Crippen molar-refractivity contribution in [2.75, 3.05) is 0 Å². The highest BCUT2D eigenvalue weighted by molar-refractivity contribution is 9.10. The van der Waals surface area contributed by atoms with Gasteiger partial charge < -0.3 is 5.73 Å². The van der Waals surface area contributed by atoms with E-state index in [4.69, 9.17) is 5.73 Å². The highest BCUT2D eigenvalue weighted by Crippen LogP contribution is 2.40. The molecule has 1 nitrogen and oxygen atoms in total. The third-order valence-corrected chi connectivity index (χ3v) is 5.38. The average Bonchev–Trinajstić information content (AvgIpc) is 2.35. The first-order valence-corrected chi connectivity index (χ1v) is 7.80. The largest absolute Gasteiger partial charge is 0.324 e. The fraction of sp³-hybridized carbons (Fsp3) is 0.625. The maximum atomic E-state index is 6.52. The Balaban J connectivity index is 2.16. The monoisotopic (exact) mass is 309 g/mol. The van der Waals surface area contributed by atoms with E-state index in [9.17, 15) is 0 Å². The van der Waals surface area contributed by atoms with Gasteiger partial charge in [0, 0.05) is 10.5 Å². The van der Waals surface area contributed by atoms with Crippen molar-refractivity contribution in [2.45, 2.75) is 46.1 Å². The molecule has 0 spiro atoms. The summed E-state index contributed by atoms with van der Waals surface area (Å²) >= 11 is 3.64. The van der Waals surface area contributed by atoms with Crippen LogP contribution in [-0.2, 0) is 0 Å². The van der Waals surface area contributed by atoms with E-state index in [1.165, 1.54) is 30.4 Å². The molecule has 18 heavy (non-hydrogen) atoms. The second kappa shape index (κ2) is 5.75. The summed E-state index contributed by atoms with van der Waals surface area (Å²) in [6, 6.07) is 6.66. The van der Waals surface area contributed by atoms with Crippen molar-refractivity contribution in [3.63, 3.8) is 0 Å². The van der Waals surface area contributed by atoms with Crippen molar-refractivity contribution in [3.8, 4) is 0 Å². The molecule has 1 aromatic rings. The lowest BCUT2D eigenvalue weighted by molar-refractivity contribution is 0.186. The average molecular weight is 310 g/mol. The lowest BCUT2D eigenvalue weighted by atomic mass is 9.72. The molecule has 0 bridgehead atoms. The van der Waals surface area contributed by atoms with Crippen molar-refractivity contribution in [3.05, 3.63) is 33.8 Å². The molecule has 0 heterocycles. The summed E-state index contributed by atoms with van der Waals surface area (Å²) in [4.78, 5) is 0. The van der Waals surface area contributed by atoms with Gasteiger partial charge in [-0.15, -0.1) is 0 Å². The molecule has 0 amide bonds. The zero-order valence-corrected chi connectivity index (χ0v) is 13.2. The van der Waals surface area contributed by atoms with Crippen LogP contribution in [0.5, 0.6) is 0 Å². The highest BCUT2D eigenvalue weighted by Gasteiger charge is 2.29. The molecule has 4 atom stereocenters. The molecular weight excluding hydrogens is 286 g/mol. The summed E-state index contributed by atoms with van der Waals surface area (Å²) in [5.74, 6) is 2.29. The van der Waals surface area contributed by atoms with Crippen LogP contribution in [0.1, 0.15) is 50.3 Å². The number of halogens is 1. The highest BCUT2D eigenvalue weighted by atomic mass is 79.9. The van der Waals surface area contributed by atoms with Crippen LogP contribution in [0.25, 0.3) is 0 Å². The molecule has 1 aromatic carbocycles. The molecule has 0 radical (unpaired) electrons. The standard InChI is InChI=1S/C16H24BrN/c1-10-4-7-15(17)14(8-10)16(18)13-6-5-11(2)12(3)9-13/h4,7-8,11-13,16H,5-6,9,18H2,1-3H3. The molecule has 4 unspecified atom stereocenters. The Labute approximate surface area is 119 Å². The SMILES string of the molecule is Cc1ccc(Br)c(C(N)C2CCC(C)C(C)C2)c1. The number of rotatable bonds is 2. The molecule has 1 fully saturated rings. The summed E-state index contributed by atoms with van der Waals surface area (Å²) in [6.07, 6.45) is 3.86. The fourth-order valence-electron chi connectivity index (χ4n) is 3.09. The molecule has 1 saturated carbocycles. The van der Waals surface area contributed by atoms with E-state index >= 15 is 0 Å². The minimum absolute atomic E-state index is 0.175. The quantitative estimate of drug-likeness (QED) is 0.832. The van der Waals surface area contributed by atoms with Crippen LogP contribution in [0.15, 0.2) is 22.7 Å². The predicted octanol–water partition coefficient (Wildman–Crippen LogP) is 4.83. The van der Waals surface area contributed by atoms with Gasteiger partial charge >= 0.3 is 0 Å². The number of benzene rings is 1. The molecule has 0 aromatic heterocycles. The molecule has 1 aliphatic rings. The van der Waals surface area contributed by atoms with Crippen molar-refractivity contribution >= 4 is 15.9 Å². The van der Waals surface area contributed by atoms with Crippen molar-refractivity contribution in [2.24, 2.45) is 23.5 Å². The maximum Gasteiger partial charge on any atom is 0.0334 e. The fourth-order valence-corrected chi connectivity index (χ4v) is 3.60. The van der Waals surface area contributed by atoms with Crippen molar-refractivity contribution < 1.29 is 0 Å². The molecule has 2 heteroatoms. The number of aryl methyl sites for hydroxylation is 1. The van der Waals surface area contributed by atoms with Gasteiger partial charge in [0.25, 0.3) is 0 Å².